The van der Waals surface area contributed by atoms with Gasteiger partial charge in [0.15, 0.2) is 0 Å². The zero-order valence-corrected chi connectivity index (χ0v) is 19.5. The lowest BCUT2D eigenvalue weighted by atomic mass is 9.93. The van der Waals surface area contributed by atoms with E-state index in [0.717, 1.165) is 5.56 Å². The SMILES string of the molecule is CCOC(=O)C1=C(CN2CCC(C(=O)OCC)CC2)NC(=O)N[C@@H]1c1ccc(OCC)cc1. The van der Waals surface area contributed by atoms with Gasteiger partial charge in [0.2, 0.25) is 0 Å². The van der Waals surface area contributed by atoms with Crippen molar-refractivity contribution in [1.29, 1.82) is 0 Å². The summed E-state index contributed by atoms with van der Waals surface area (Å²) in [7, 11) is 0. The van der Waals surface area contributed by atoms with Crippen LogP contribution >= 0.6 is 0 Å². The average Bonchev–Trinajstić information content (AvgIpc) is 2.80. The highest BCUT2D eigenvalue weighted by Crippen LogP contribution is 2.30. The molecule has 0 radical (unpaired) electrons. The topological polar surface area (TPSA) is 106 Å². The molecule has 1 aromatic rings. The van der Waals surface area contributed by atoms with E-state index in [1.54, 1.807) is 13.8 Å². The van der Waals surface area contributed by atoms with Gasteiger partial charge >= 0.3 is 18.0 Å². The minimum Gasteiger partial charge on any atom is -0.494 e. The fourth-order valence-corrected chi connectivity index (χ4v) is 4.18. The summed E-state index contributed by atoms with van der Waals surface area (Å²) in [4.78, 5) is 39.6. The largest absolute Gasteiger partial charge is 0.494 e. The molecule has 0 bridgehead atoms. The number of ether oxygens (including phenoxy) is 3. The van der Waals surface area contributed by atoms with Gasteiger partial charge in [-0.15, -0.1) is 0 Å². The lowest BCUT2D eigenvalue weighted by molar-refractivity contribution is -0.149. The molecule has 180 valence electrons. The molecule has 0 aromatic heterocycles. The van der Waals surface area contributed by atoms with Gasteiger partial charge in [0.25, 0.3) is 0 Å². The molecule has 2 aliphatic rings. The lowest BCUT2D eigenvalue weighted by Crippen LogP contribution is -2.49. The van der Waals surface area contributed by atoms with E-state index in [1.807, 2.05) is 31.2 Å². The van der Waals surface area contributed by atoms with Crippen LogP contribution in [0.4, 0.5) is 4.79 Å². The zero-order chi connectivity index (χ0) is 23.8. The monoisotopic (exact) mass is 459 g/mol. The highest BCUT2D eigenvalue weighted by atomic mass is 16.5. The van der Waals surface area contributed by atoms with Crippen LogP contribution < -0.4 is 15.4 Å². The molecule has 9 nitrogen and oxygen atoms in total. The number of hydrogen-bond acceptors (Lipinski definition) is 7. The van der Waals surface area contributed by atoms with Gasteiger partial charge in [-0.2, -0.15) is 0 Å². The summed E-state index contributed by atoms with van der Waals surface area (Å²) >= 11 is 0. The van der Waals surface area contributed by atoms with Crippen molar-refractivity contribution in [3.8, 4) is 5.75 Å². The third-order valence-corrected chi connectivity index (χ3v) is 5.76. The smallest absolute Gasteiger partial charge is 0.338 e. The molecule has 2 N–H and O–H groups in total. The molecule has 1 fully saturated rings. The maximum absolute atomic E-state index is 12.9. The molecule has 9 heteroatoms. The first-order valence-electron chi connectivity index (χ1n) is 11.6. The van der Waals surface area contributed by atoms with Crippen molar-refractivity contribution in [2.45, 2.75) is 39.7 Å². The Morgan fingerprint density at radius 1 is 1.00 bits per heavy atom. The van der Waals surface area contributed by atoms with E-state index >= 15 is 0 Å². The van der Waals surface area contributed by atoms with E-state index in [-0.39, 0.29) is 24.5 Å². The fourth-order valence-electron chi connectivity index (χ4n) is 4.18. The van der Waals surface area contributed by atoms with Crippen molar-refractivity contribution in [2.24, 2.45) is 5.92 Å². The van der Waals surface area contributed by atoms with Crippen LogP contribution in [0.5, 0.6) is 5.75 Å². The maximum Gasteiger partial charge on any atom is 0.338 e. The quantitative estimate of drug-likeness (QED) is 0.547. The normalized spacial score (nSPS) is 19.5. The Morgan fingerprint density at radius 3 is 2.27 bits per heavy atom. The van der Waals surface area contributed by atoms with Gasteiger partial charge in [0.1, 0.15) is 5.75 Å². The van der Waals surface area contributed by atoms with Crippen LogP contribution in [0.25, 0.3) is 0 Å². The molecule has 2 aliphatic heterocycles. The van der Waals surface area contributed by atoms with Gasteiger partial charge in [0.05, 0.1) is 37.4 Å². The van der Waals surface area contributed by atoms with Gasteiger partial charge in [-0.25, -0.2) is 9.59 Å². The number of nitrogens with zero attached hydrogens (tertiary/aromatic N) is 1. The molecular formula is C24H33N3O6. The molecular weight excluding hydrogens is 426 g/mol. The van der Waals surface area contributed by atoms with E-state index < -0.39 is 12.0 Å². The Morgan fingerprint density at radius 2 is 1.67 bits per heavy atom. The molecule has 0 aliphatic carbocycles. The number of hydrogen-bond donors (Lipinski definition) is 2. The minimum absolute atomic E-state index is 0.112. The molecule has 0 spiro atoms. The standard InChI is InChI=1S/C24H33N3O6/c1-4-31-18-9-7-16(8-10-18)21-20(23(29)33-6-3)19(25-24(30)26-21)15-27-13-11-17(12-14-27)22(28)32-5-2/h7-10,17,21H,4-6,11-15H2,1-3H3,(H2,25,26,30)/t21-/m1/s1. The molecule has 1 aromatic carbocycles. The van der Waals surface area contributed by atoms with Crippen molar-refractivity contribution in [2.75, 3.05) is 39.5 Å². The summed E-state index contributed by atoms with van der Waals surface area (Å²) in [6.07, 6.45) is 1.35. The van der Waals surface area contributed by atoms with Crippen molar-refractivity contribution >= 4 is 18.0 Å². The Hall–Kier alpha value is -3.07. The average molecular weight is 460 g/mol. The van der Waals surface area contributed by atoms with E-state index in [9.17, 15) is 14.4 Å². The van der Waals surface area contributed by atoms with E-state index in [2.05, 4.69) is 15.5 Å². The van der Waals surface area contributed by atoms with E-state index in [4.69, 9.17) is 14.2 Å². The summed E-state index contributed by atoms with van der Waals surface area (Å²) in [5, 5.41) is 5.66. The second-order valence-electron chi connectivity index (χ2n) is 7.95. The first-order valence-corrected chi connectivity index (χ1v) is 11.6. The maximum atomic E-state index is 12.9. The molecule has 2 heterocycles. The third kappa shape index (κ3) is 6.25. The van der Waals surface area contributed by atoms with Crippen LogP contribution in [0.2, 0.25) is 0 Å². The number of piperidine rings is 1. The van der Waals surface area contributed by atoms with Gasteiger partial charge in [-0.3, -0.25) is 9.69 Å². The van der Waals surface area contributed by atoms with E-state index in [1.165, 1.54) is 0 Å². The summed E-state index contributed by atoms with van der Waals surface area (Å²) in [6.45, 7) is 8.32. The Kier molecular flexibility index (Phi) is 8.71. The van der Waals surface area contributed by atoms with Gasteiger partial charge in [-0.05, 0) is 64.4 Å². The first kappa shape index (κ1) is 24.6. The Balaban J connectivity index is 1.82. The predicted molar refractivity (Wildman–Crippen MR) is 121 cm³/mol. The van der Waals surface area contributed by atoms with Crippen molar-refractivity contribution in [3.63, 3.8) is 0 Å². The predicted octanol–water partition coefficient (Wildman–Crippen LogP) is 2.53. The number of carbonyl (C=O) groups is 3. The second-order valence-corrected chi connectivity index (χ2v) is 7.95. The van der Waals surface area contributed by atoms with Crippen LogP contribution in [0.3, 0.4) is 0 Å². The number of carbonyl (C=O) groups excluding carboxylic acids is 3. The summed E-state index contributed by atoms with van der Waals surface area (Å²) < 4.78 is 16.0. The van der Waals surface area contributed by atoms with Crippen molar-refractivity contribution < 1.29 is 28.6 Å². The molecule has 1 atom stereocenters. The van der Waals surface area contributed by atoms with Crippen molar-refractivity contribution in [1.82, 2.24) is 15.5 Å². The zero-order valence-electron chi connectivity index (χ0n) is 19.5. The highest BCUT2D eigenvalue weighted by molar-refractivity contribution is 5.95. The number of rotatable bonds is 9. The summed E-state index contributed by atoms with van der Waals surface area (Å²) in [5.74, 6) is -0.0265. The number of esters is 2. The first-order chi connectivity index (χ1) is 16.0. The molecule has 3 rings (SSSR count). The Bertz CT molecular complexity index is 875. The van der Waals surface area contributed by atoms with Gasteiger partial charge in [0, 0.05) is 12.2 Å². The molecule has 33 heavy (non-hydrogen) atoms. The Labute approximate surface area is 194 Å². The van der Waals surface area contributed by atoms with Gasteiger partial charge in [-0.1, -0.05) is 12.1 Å². The molecule has 2 amide bonds. The number of urea groups is 1. The molecule has 0 unspecified atom stereocenters. The number of benzene rings is 1. The van der Waals surface area contributed by atoms with E-state index in [0.29, 0.717) is 62.7 Å². The van der Waals surface area contributed by atoms with Crippen LogP contribution in [0.1, 0.15) is 45.2 Å². The molecule has 0 saturated carbocycles. The summed E-state index contributed by atoms with van der Waals surface area (Å²) in [5.41, 5.74) is 1.66. The van der Waals surface area contributed by atoms with Crippen molar-refractivity contribution in [3.05, 3.63) is 41.1 Å². The minimum atomic E-state index is -0.638. The van der Waals surface area contributed by atoms with Gasteiger partial charge < -0.3 is 24.8 Å². The lowest BCUT2D eigenvalue weighted by Gasteiger charge is -2.35. The van der Waals surface area contributed by atoms with Crippen LogP contribution in [-0.2, 0) is 19.1 Å². The highest BCUT2D eigenvalue weighted by Gasteiger charge is 2.35. The third-order valence-electron chi connectivity index (χ3n) is 5.76. The van der Waals surface area contributed by atoms with Crippen LogP contribution in [-0.4, -0.2) is 62.3 Å². The number of nitrogens with one attached hydrogen (secondary N) is 2. The molecule has 1 saturated heterocycles. The number of likely N-dealkylation sites (tertiary alicyclic amines) is 1. The summed E-state index contributed by atoms with van der Waals surface area (Å²) in [6, 6.07) is 6.29. The fraction of sp³-hybridized carbons (Fsp3) is 0.542. The van der Waals surface area contributed by atoms with Crippen LogP contribution in [0.15, 0.2) is 35.5 Å². The van der Waals surface area contributed by atoms with Crippen LogP contribution in [0, 0.1) is 5.92 Å². The second kappa shape index (κ2) is 11.7. The number of amides is 2.